The minimum absolute atomic E-state index is 0.0806. The quantitative estimate of drug-likeness (QED) is 0.0712. The molecule has 10 amide bonds. The predicted molar refractivity (Wildman–Crippen MR) is 282 cm³/mol. The number of imide groups is 1. The van der Waals surface area contributed by atoms with Gasteiger partial charge in [-0.3, -0.25) is 57.6 Å². The monoisotopic (exact) mass is 1140 g/mol. The lowest BCUT2D eigenvalue weighted by atomic mass is 9.72. The lowest BCUT2D eigenvalue weighted by Gasteiger charge is -2.49. The molecule has 0 aliphatic carbocycles. The molecule has 1 aromatic heterocycles. The van der Waals surface area contributed by atoms with Crippen LogP contribution in [0.1, 0.15) is 86.1 Å². The van der Waals surface area contributed by atoms with Gasteiger partial charge < -0.3 is 72.5 Å². The van der Waals surface area contributed by atoms with Crippen molar-refractivity contribution < 1.29 is 77.3 Å². The highest BCUT2D eigenvalue weighted by molar-refractivity contribution is 7.91. The number of carbonyl (C=O) groups excluding carboxylic acids is 11. The standard InChI is InChI=1S/C52H71N11O16S/c1-8-24(2)41-47(76)55-17-37(68)56-33-21-80(78)49-29-15-32(44(73)54-18-38(69)60-41)58-48(77)42(25(3)35(66)20-64)61-46(75)34-13-26(65)19-62(34)52(43(72)31(16-36(53)67)57-45(33)74,79-27-9-10-28(29)30(14-27)59-49)23-50(4,5)22-51(6,7)63-39(70)11-12-40(63)71/h9-12,14,24-26,31-35,41-42,59,64-66H,8,13,15-23H2,1-7H3,(H2,53,67)(H,54,73)(H,55,76)(H,56,68)(H,57,74)(H,58,77)(H,60,69)(H,61,75)/t24-,25-,26+,31-,32+,33+,34-,35-,41-,42-,52?,80?/m0/s1. The molecule has 6 aliphatic heterocycles. The first-order valence-corrected chi connectivity index (χ1v) is 27.7. The van der Waals surface area contributed by atoms with Gasteiger partial charge in [-0.05, 0) is 50.2 Å². The largest absolute Gasteiger partial charge is 0.610 e. The summed E-state index contributed by atoms with van der Waals surface area (Å²) in [6, 6.07) is -6.15. The Balaban J connectivity index is 1.54. The molecule has 8 bridgehead atoms. The van der Waals surface area contributed by atoms with Crippen molar-refractivity contribution in [3.05, 3.63) is 35.9 Å². The number of Topliss-reactive ketones (excluding diaryl/α,β-unsaturated/α-hetero) is 1. The van der Waals surface area contributed by atoms with E-state index in [9.17, 15) is 53.7 Å². The molecule has 8 rings (SSSR count). The number of nitrogens with one attached hydrogen (secondary N) is 8. The maximum absolute atomic E-state index is 16.4. The Labute approximate surface area is 463 Å². The van der Waals surface area contributed by atoms with Crippen molar-refractivity contribution in [2.24, 2.45) is 23.0 Å². The highest BCUT2D eigenvalue weighted by Crippen LogP contribution is 2.46. The normalized spacial score (nSPS) is 29.1. The third-order valence-corrected chi connectivity index (χ3v) is 16.9. The molecule has 0 saturated carbocycles. The zero-order valence-corrected chi connectivity index (χ0v) is 46.3. The Morgan fingerprint density at radius 2 is 1.51 bits per heavy atom. The summed E-state index contributed by atoms with van der Waals surface area (Å²) in [5, 5.41) is 50.8. The number of carbonyl (C=O) groups is 11. The Morgan fingerprint density at radius 1 is 0.863 bits per heavy atom. The van der Waals surface area contributed by atoms with Gasteiger partial charge in [-0.15, -0.1) is 0 Å². The van der Waals surface area contributed by atoms with E-state index < -0.39 is 211 Å². The van der Waals surface area contributed by atoms with Crippen LogP contribution in [0.4, 0.5) is 0 Å². The number of hydrogen-bond acceptors (Lipinski definition) is 17. The fourth-order valence-corrected chi connectivity index (χ4v) is 13.0. The SMILES string of the molecule is CC[C@H](C)[C@@H]1NC(=O)CNC(=O)[C@H]2Cc3c4[nH]c5cc(ccc35)OC(CC(C)(C)CC(C)(C)N3C(=O)C=CC3=O)(C(=O)[C@H](CC(N)=O)NC(=O)[C@@H](C[S+]4[O-])NC(=O)CNC1=O)N1C[C@H](O)C[C@H]1C(=O)N[C@@H]([C@@H](C)[C@@H](O)CO)C(=O)N2. The minimum Gasteiger partial charge on any atom is -0.610 e. The molecule has 7 heterocycles. The van der Waals surface area contributed by atoms with E-state index >= 15 is 18.9 Å². The average Bonchev–Trinajstić information content (AvgIpc) is 4.22. The number of aromatic amines is 1. The van der Waals surface area contributed by atoms with E-state index in [0.717, 1.165) is 17.1 Å². The maximum atomic E-state index is 16.4. The molecular weight excluding hydrogens is 1070 g/mol. The van der Waals surface area contributed by atoms with Crippen molar-refractivity contribution in [1.82, 2.24) is 52.0 Å². The third kappa shape index (κ3) is 12.9. The molecule has 28 heteroatoms. The summed E-state index contributed by atoms with van der Waals surface area (Å²) in [6.45, 7) is 8.22. The molecule has 6 aliphatic rings. The first-order valence-electron chi connectivity index (χ1n) is 26.4. The van der Waals surface area contributed by atoms with Gasteiger partial charge >= 0.3 is 0 Å². The van der Waals surface area contributed by atoms with Crippen LogP contribution in [0.15, 0.2) is 35.4 Å². The van der Waals surface area contributed by atoms with Gasteiger partial charge in [-0.2, -0.15) is 0 Å². The molecule has 0 radical (unpaired) electrons. The number of aliphatic hydroxyl groups excluding tert-OH is 3. The summed E-state index contributed by atoms with van der Waals surface area (Å²) in [7, 11) is 0. The van der Waals surface area contributed by atoms with E-state index in [-0.39, 0.29) is 33.7 Å². The van der Waals surface area contributed by atoms with Crippen molar-refractivity contribution in [3.8, 4) is 5.75 Å². The van der Waals surface area contributed by atoms with Gasteiger partial charge in [0, 0.05) is 71.2 Å². The molecule has 27 nitrogen and oxygen atoms in total. The zero-order valence-electron chi connectivity index (χ0n) is 45.5. The molecular formula is C52H71N11O16S. The topological polar surface area (TPSA) is 413 Å². The van der Waals surface area contributed by atoms with Gasteiger partial charge in [-0.1, -0.05) is 41.0 Å². The number of ether oxygens (including phenoxy) is 1. The Hall–Kier alpha value is -6.98. The van der Waals surface area contributed by atoms with Crippen molar-refractivity contribution in [2.45, 2.75) is 152 Å². The second-order valence-electron chi connectivity index (χ2n) is 22.7. The fraction of sp³-hybridized carbons (Fsp3) is 0.596. The van der Waals surface area contributed by atoms with Gasteiger partial charge in [0.1, 0.15) is 35.7 Å². The van der Waals surface area contributed by atoms with Gasteiger partial charge in [-0.25, -0.2) is 4.90 Å². The lowest BCUT2D eigenvalue weighted by molar-refractivity contribution is -0.172. The summed E-state index contributed by atoms with van der Waals surface area (Å²) >= 11 is -2.42. The summed E-state index contributed by atoms with van der Waals surface area (Å²) in [5.41, 5.74) is 0.801. The Bertz CT molecular complexity index is 2860. The van der Waals surface area contributed by atoms with Crippen LogP contribution in [0.3, 0.4) is 0 Å². The minimum atomic E-state index is -2.64. The molecule has 436 valence electrons. The number of aromatic nitrogens is 1. The molecule has 0 spiro atoms. The number of nitrogens with two attached hydrogens (primary N) is 1. The maximum Gasteiger partial charge on any atom is 0.254 e. The molecule has 1 aromatic carbocycles. The number of H-pyrrole nitrogens is 1. The number of ketones is 1. The van der Waals surface area contributed by atoms with Gasteiger partial charge in [0.05, 0.1) is 49.9 Å². The number of fused-ring (bicyclic) bond motifs is 7. The number of benzene rings is 1. The lowest BCUT2D eigenvalue weighted by Crippen LogP contribution is -2.69. The van der Waals surface area contributed by atoms with Gasteiger partial charge in [0.25, 0.3) is 11.8 Å². The van der Waals surface area contributed by atoms with Crippen LogP contribution in [0, 0.1) is 17.3 Å². The number of rotatable bonds is 12. The van der Waals surface area contributed by atoms with Crippen LogP contribution in [0.2, 0.25) is 0 Å². The number of primary amides is 1. The van der Waals surface area contributed by atoms with Crippen LogP contribution < -0.4 is 47.7 Å². The summed E-state index contributed by atoms with van der Waals surface area (Å²) in [6.07, 6.45) is -3.23. The van der Waals surface area contributed by atoms with E-state index in [4.69, 9.17) is 10.5 Å². The van der Waals surface area contributed by atoms with Crippen LogP contribution in [0.25, 0.3) is 10.9 Å². The molecule has 2 aromatic rings. The third-order valence-electron chi connectivity index (χ3n) is 15.4. The number of aliphatic hydroxyl groups is 3. The predicted octanol–water partition coefficient (Wildman–Crippen LogP) is -3.98. The Morgan fingerprint density at radius 3 is 2.15 bits per heavy atom. The number of amides is 10. The molecule has 1 saturated heterocycles. The first kappa shape index (κ1) is 60.7. The number of hydrogen-bond donors (Lipinski definition) is 12. The molecule has 12 atom stereocenters. The van der Waals surface area contributed by atoms with E-state index in [1.807, 2.05) is 0 Å². The zero-order chi connectivity index (χ0) is 58.9. The molecule has 13 N–H and O–H groups in total. The van der Waals surface area contributed by atoms with Gasteiger partial charge in [0.15, 0.2) is 6.04 Å². The Kier molecular flexibility index (Phi) is 18.2. The molecule has 1 fully saturated rings. The van der Waals surface area contributed by atoms with Crippen LogP contribution in [0.5, 0.6) is 5.75 Å². The van der Waals surface area contributed by atoms with Crippen molar-refractivity contribution >= 4 is 86.9 Å². The first-order chi connectivity index (χ1) is 37.5. The van der Waals surface area contributed by atoms with Crippen LogP contribution >= 0.6 is 0 Å². The number of nitrogens with zero attached hydrogens (tertiary/aromatic N) is 2. The highest BCUT2D eigenvalue weighted by Gasteiger charge is 2.60. The average molecular weight is 1140 g/mol. The summed E-state index contributed by atoms with van der Waals surface area (Å²) < 4.78 is 22.1. The van der Waals surface area contributed by atoms with E-state index in [1.165, 1.54) is 30.0 Å². The van der Waals surface area contributed by atoms with E-state index in [0.29, 0.717) is 6.42 Å². The second-order valence-corrected chi connectivity index (χ2v) is 24.1. The summed E-state index contributed by atoms with van der Waals surface area (Å²) in [4.78, 5) is 162. The summed E-state index contributed by atoms with van der Waals surface area (Å²) in [5.74, 6) is -13.5. The van der Waals surface area contributed by atoms with E-state index in [2.05, 4.69) is 42.2 Å². The van der Waals surface area contributed by atoms with Crippen molar-refractivity contribution in [2.75, 3.05) is 32.0 Å². The fourth-order valence-electron chi connectivity index (χ4n) is 11.6. The van der Waals surface area contributed by atoms with Crippen molar-refractivity contribution in [1.29, 1.82) is 0 Å². The van der Waals surface area contributed by atoms with Gasteiger partial charge in [0.2, 0.25) is 63.8 Å². The van der Waals surface area contributed by atoms with E-state index in [1.54, 1.807) is 41.5 Å². The highest BCUT2D eigenvalue weighted by atomic mass is 32.2. The smallest absolute Gasteiger partial charge is 0.254 e. The molecule has 2 unspecified atom stereocenters. The van der Waals surface area contributed by atoms with Crippen LogP contribution in [-0.4, -0.2) is 191 Å². The second kappa shape index (κ2) is 24.0. The molecule has 80 heavy (non-hydrogen) atoms. The van der Waals surface area contributed by atoms with Crippen LogP contribution in [-0.2, 0) is 70.3 Å². The van der Waals surface area contributed by atoms with Crippen molar-refractivity contribution in [3.63, 3.8) is 0 Å².